The molecule has 0 aromatic heterocycles. The molecule has 1 aliphatic carbocycles. The molecule has 3 nitrogen and oxygen atoms in total. The standard InChI is InChI=1S/C16H21NO2/c1-11-10-13(7-8-15(11)18)16(19)17-9-3-5-12-4-2-6-14(12)17/h7-8,10,12,14,18H,2-6,9H2,1H3. The summed E-state index contributed by atoms with van der Waals surface area (Å²) in [6.45, 7) is 2.72. The Bertz CT molecular complexity index is 498. The van der Waals surface area contributed by atoms with Crippen LogP contribution in [0.4, 0.5) is 0 Å². The molecule has 19 heavy (non-hydrogen) atoms. The van der Waals surface area contributed by atoms with Crippen LogP contribution in [0.15, 0.2) is 18.2 Å². The molecule has 102 valence electrons. The molecule has 1 aliphatic heterocycles. The van der Waals surface area contributed by atoms with Gasteiger partial charge in [-0.05, 0) is 62.3 Å². The molecule has 0 bridgehead atoms. The van der Waals surface area contributed by atoms with Crippen LogP contribution in [-0.2, 0) is 0 Å². The van der Waals surface area contributed by atoms with Gasteiger partial charge in [-0.1, -0.05) is 6.42 Å². The molecule has 1 aromatic carbocycles. The lowest BCUT2D eigenvalue weighted by molar-refractivity contribution is 0.0548. The summed E-state index contributed by atoms with van der Waals surface area (Å²) in [5, 5.41) is 9.56. The van der Waals surface area contributed by atoms with Gasteiger partial charge in [0.25, 0.3) is 5.91 Å². The van der Waals surface area contributed by atoms with E-state index in [2.05, 4.69) is 4.90 Å². The van der Waals surface area contributed by atoms with Crippen molar-refractivity contribution in [2.75, 3.05) is 6.54 Å². The van der Waals surface area contributed by atoms with Crippen LogP contribution in [0, 0.1) is 12.8 Å². The van der Waals surface area contributed by atoms with Crippen LogP contribution < -0.4 is 0 Å². The maximum Gasteiger partial charge on any atom is 0.254 e. The van der Waals surface area contributed by atoms with Crippen molar-refractivity contribution >= 4 is 5.91 Å². The predicted octanol–water partition coefficient (Wildman–Crippen LogP) is 3.11. The lowest BCUT2D eigenvalue weighted by atomic mass is 9.91. The third kappa shape index (κ3) is 2.22. The molecule has 2 unspecified atom stereocenters. The normalized spacial score (nSPS) is 26.3. The average Bonchev–Trinajstić information content (AvgIpc) is 2.89. The van der Waals surface area contributed by atoms with Crippen molar-refractivity contribution in [3.05, 3.63) is 29.3 Å². The quantitative estimate of drug-likeness (QED) is 0.842. The number of piperidine rings is 1. The van der Waals surface area contributed by atoms with Gasteiger partial charge in [-0.25, -0.2) is 0 Å². The Balaban J connectivity index is 1.84. The first-order chi connectivity index (χ1) is 9.16. The van der Waals surface area contributed by atoms with E-state index in [-0.39, 0.29) is 11.7 Å². The molecular weight excluding hydrogens is 238 g/mol. The van der Waals surface area contributed by atoms with Gasteiger partial charge >= 0.3 is 0 Å². The van der Waals surface area contributed by atoms with Gasteiger partial charge < -0.3 is 10.0 Å². The Hall–Kier alpha value is -1.51. The van der Waals surface area contributed by atoms with E-state index < -0.39 is 0 Å². The number of likely N-dealkylation sites (tertiary alicyclic amines) is 1. The molecule has 1 saturated heterocycles. The van der Waals surface area contributed by atoms with Crippen LogP contribution in [-0.4, -0.2) is 28.5 Å². The molecule has 1 heterocycles. The van der Waals surface area contributed by atoms with E-state index in [1.54, 1.807) is 18.2 Å². The van der Waals surface area contributed by atoms with Gasteiger partial charge in [0.15, 0.2) is 0 Å². The average molecular weight is 259 g/mol. The van der Waals surface area contributed by atoms with E-state index in [1.165, 1.54) is 19.3 Å². The van der Waals surface area contributed by atoms with E-state index in [0.717, 1.165) is 30.9 Å². The minimum Gasteiger partial charge on any atom is -0.508 e. The molecule has 1 aromatic rings. The van der Waals surface area contributed by atoms with Crippen molar-refractivity contribution in [2.45, 2.75) is 45.1 Å². The highest BCUT2D eigenvalue weighted by Gasteiger charge is 2.37. The second-order valence-electron chi connectivity index (χ2n) is 5.90. The third-order valence-electron chi connectivity index (χ3n) is 4.70. The highest BCUT2D eigenvalue weighted by Crippen LogP contribution is 2.37. The molecule has 0 spiro atoms. The molecule has 1 saturated carbocycles. The Morgan fingerprint density at radius 2 is 2.05 bits per heavy atom. The summed E-state index contributed by atoms with van der Waals surface area (Å²) in [5.74, 6) is 1.12. The number of nitrogens with zero attached hydrogens (tertiary/aromatic N) is 1. The fraction of sp³-hybridized carbons (Fsp3) is 0.562. The van der Waals surface area contributed by atoms with Crippen LogP contribution >= 0.6 is 0 Å². The summed E-state index contributed by atoms with van der Waals surface area (Å²) in [5.41, 5.74) is 1.48. The number of hydrogen-bond donors (Lipinski definition) is 1. The highest BCUT2D eigenvalue weighted by molar-refractivity contribution is 5.95. The fourth-order valence-electron chi connectivity index (χ4n) is 3.66. The summed E-state index contributed by atoms with van der Waals surface area (Å²) in [7, 11) is 0. The Morgan fingerprint density at radius 3 is 2.84 bits per heavy atom. The zero-order chi connectivity index (χ0) is 13.4. The van der Waals surface area contributed by atoms with Gasteiger partial charge in [0.05, 0.1) is 0 Å². The number of benzene rings is 1. The maximum absolute atomic E-state index is 12.7. The van der Waals surface area contributed by atoms with Crippen LogP contribution in [0.25, 0.3) is 0 Å². The van der Waals surface area contributed by atoms with Crippen molar-refractivity contribution in [3.63, 3.8) is 0 Å². The monoisotopic (exact) mass is 259 g/mol. The first-order valence-corrected chi connectivity index (χ1v) is 7.27. The predicted molar refractivity (Wildman–Crippen MR) is 74.2 cm³/mol. The molecule has 3 heteroatoms. The number of carbonyl (C=O) groups excluding carboxylic acids is 1. The lowest BCUT2D eigenvalue weighted by Gasteiger charge is -2.38. The second kappa shape index (κ2) is 4.87. The molecule has 2 fully saturated rings. The van der Waals surface area contributed by atoms with Crippen molar-refractivity contribution < 1.29 is 9.90 Å². The number of rotatable bonds is 1. The van der Waals surface area contributed by atoms with E-state index in [0.29, 0.717) is 11.6 Å². The Labute approximate surface area is 114 Å². The topological polar surface area (TPSA) is 40.5 Å². The van der Waals surface area contributed by atoms with Crippen LogP contribution in [0.5, 0.6) is 5.75 Å². The van der Waals surface area contributed by atoms with E-state index in [9.17, 15) is 9.90 Å². The SMILES string of the molecule is Cc1cc(C(=O)N2CCCC3CCCC32)ccc1O. The molecule has 1 N–H and O–H groups in total. The van der Waals surface area contributed by atoms with E-state index in [4.69, 9.17) is 0 Å². The van der Waals surface area contributed by atoms with Gasteiger partial charge in [-0.2, -0.15) is 0 Å². The number of phenolic OH excluding ortho intramolecular Hbond substituents is 1. The second-order valence-corrected chi connectivity index (χ2v) is 5.90. The molecule has 3 rings (SSSR count). The fourth-order valence-corrected chi connectivity index (χ4v) is 3.66. The van der Waals surface area contributed by atoms with Gasteiger partial charge in [0.2, 0.25) is 0 Å². The maximum atomic E-state index is 12.7. The van der Waals surface area contributed by atoms with Crippen molar-refractivity contribution in [1.29, 1.82) is 0 Å². The van der Waals surface area contributed by atoms with Crippen LogP contribution in [0.3, 0.4) is 0 Å². The number of amides is 1. The summed E-state index contributed by atoms with van der Waals surface area (Å²) in [4.78, 5) is 14.7. The van der Waals surface area contributed by atoms with Crippen LogP contribution in [0.2, 0.25) is 0 Å². The zero-order valence-corrected chi connectivity index (χ0v) is 11.4. The van der Waals surface area contributed by atoms with Crippen LogP contribution in [0.1, 0.15) is 48.0 Å². The van der Waals surface area contributed by atoms with E-state index in [1.807, 2.05) is 6.92 Å². The number of carbonyl (C=O) groups is 1. The first-order valence-electron chi connectivity index (χ1n) is 7.27. The molecule has 0 radical (unpaired) electrons. The zero-order valence-electron chi connectivity index (χ0n) is 11.4. The minimum atomic E-state index is 0.139. The third-order valence-corrected chi connectivity index (χ3v) is 4.70. The minimum absolute atomic E-state index is 0.139. The summed E-state index contributed by atoms with van der Waals surface area (Å²) in [6.07, 6.45) is 6.11. The summed E-state index contributed by atoms with van der Waals surface area (Å²) < 4.78 is 0. The van der Waals surface area contributed by atoms with Gasteiger partial charge in [0.1, 0.15) is 5.75 Å². The van der Waals surface area contributed by atoms with Gasteiger partial charge in [-0.3, -0.25) is 4.79 Å². The highest BCUT2D eigenvalue weighted by atomic mass is 16.3. The smallest absolute Gasteiger partial charge is 0.254 e. The molecule has 2 atom stereocenters. The van der Waals surface area contributed by atoms with E-state index >= 15 is 0 Å². The van der Waals surface area contributed by atoms with Crippen molar-refractivity contribution in [1.82, 2.24) is 4.90 Å². The first kappa shape index (κ1) is 12.5. The van der Waals surface area contributed by atoms with Gasteiger partial charge in [-0.15, -0.1) is 0 Å². The van der Waals surface area contributed by atoms with Gasteiger partial charge in [0, 0.05) is 18.2 Å². The number of phenols is 1. The summed E-state index contributed by atoms with van der Waals surface area (Å²) >= 11 is 0. The summed E-state index contributed by atoms with van der Waals surface area (Å²) in [6, 6.07) is 5.62. The Morgan fingerprint density at radius 1 is 1.26 bits per heavy atom. The van der Waals surface area contributed by atoms with Crippen molar-refractivity contribution in [2.24, 2.45) is 5.92 Å². The molecule has 1 amide bonds. The number of fused-ring (bicyclic) bond motifs is 1. The number of aromatic hydroxyl groups is 1. The number of aryl methyl sites for hydroxylation is 1. The van der Waals surface area contributed by atoms with Crippen molar-refractivity contribution in [3.8, 4) is 5.75 Å². The Kier molecular flexibility index (Phi) is 3.21. The largest absolute Gasteiger partial charge is 0.508 e. The molecule has 2 aliphatic rings. The molecular formula is C16H21NO2. The lowest BCUT2D eigenvalue weighted by Crippen LogP contribution is -2.46. The number of hydrogen-bond acceptors (Lipinski definition) is 2.